The largest absolute Gasteiger partial charge is 0.447 e. The van der Waals surface area contributed by atoms with Gasteiger partial charge in [-0.1, -0.05) is 13.3 Å². The Kier molecular flexibility index (Phi) is 3.35. The first-order valence-corrected chi connectivity index (χ1v) is 5.96. The van der Waals surface area contributed by atoms with Gasteiger partial charge in [-0.05, 0) is 6.42 Å². The lowest BCUT2D eigenvalue weighted by Gasteiger charge is -2.46. The lowest BCUT2D eigenvalue weighted by Crippen LogP contribution is -2.63. The molecular weight excluding hydrogens is 224 g/mol. The number of ether oxygens (including phenoxy) is 1. The van der Waals surface area contributed by atoms with E-state index in [1.807, 2.05) is 11.8 Å². The van der Waals surface area contributed by atoms with Gasteiger partial charge in [0.05, 0.1) is 18.7 Å². The SMILES string of the molecule is CCCC1(O)CN(CC(=O)N2CCOC2=O)C1. The highest BCUT2D eigenvalue weighted by molar-refractivity contribution is 5.94. The molecule has 2 aliphatic heterocycles. The lowest BCUT2D eigenvalue weighted by molar-refractivity contribution is -0.139. The Morgan fingerprint density at radius 3 is 2.76 bits per heavy atom. The summed E-state index contributed by atoms with van der Waals surface area (Å²) < 4.78 is 4.70. The number of cyclic esters (lactones) is 1. The highest BCUT2D eigenvalue weighted by Gasteiger charge is 2.42. The van der Waals surface area contributed by atoms with Crippen LogP contribution in [0.2, 0.25) is 0 Å². The summed E-state index contributed by atoms with van der Waals surface area (Å²) >= 11 is 0. The van der Waals surface area contributed by atoms with Crippen LogP contribution in [0.15, 0.2) is 0 Å². The predicted octanol–water partition coefficient (Wildman–Crippen LogP) is -0.188. The molecule has 17 heavy (non-hydrogen) atoms. The summed E-state index contributed by atoms with van der Waals surface area (Å²) in [4.78, 5) is 25.9. The minimum absolute atomic E-state index is 0.182. The van der Waals surface area contributed by atoms with Crippen LogP contribution in [0.25, 0.3) is 0 Å². The number of amides is 2. The molecule has 2 aliphatic rings. The molecule has 0 aliphatic carbocycles. The molecule has 0 radical (unpaired) electrons. The molecule has 0 aromatic rings. The molecule has 0 spiro atoms. The van der Waals surface area contributed by atoms with Gasteiger partial charge in [0, 0.05) is 13.1 Å². The van der Waals surface area contributed by atoms with Gasteiger partial charge < -0.3 is 9.84 Å². The molecule has 2 rings (SSSR count). The molecular formula is C11H18N2O4. The molecule has 1 N–H and O–H groups in total. The normalized spacial score (nSPS) is 23.4. The number of hydrogen-bond acceptors (Lipinski definition) is 5. The molecule has 0 aromatic carbocycles. The summed E-state index contributed by atoms with van der Waals surface area (Å²) in [5.41, 5.74) is -0.638. The van der Waals surface area contributed by atoms with Crippen molar-refractivity contribution in [2.45, 2.75) is 25.4 Å². The van der Waals surface area contributed by atoms with Crippen LogP contribution in [0.3, 0.4) is 0 Å². The smallest absolute Gasteiger partial charge is 0.416 e. The van der Waals surface area contributed by atoms with Crippen LogP contribution in [0.1, 0.15) is 19.8 Å². The van der Waals surface area contributed by atoms with E-state index in [1.165, 1.54) is 0 Å². The van der Waals surface area contributed by atoms with E-state index < -0.39 is 11.7 Å². The molecule has 96 valence electrons. The maximum Gasteiger partial charge on any atom is 0.416 e. The number of carbonyl (C=O) groups excluding carboxylic acids is 2. The summed E-state index contributed by atoms with van der Waals surface area (Å²) in [5, 5.41) is 9.95. The monoisotopic (exact) mass is 242 g/mol. The molecule has 2 fully saturated rings. The third-order valence-electron chi connectivity index (χ3n) is 3.17. The van der Waals surface area contributed by atoms with Gasteiger partial charge in [0.1, 0.15) is 6.61 Å². The molecule has 2 heterocycles. The lowest BCUT2D eigenvalue weighted by atomic mass is 9.89. The Morgan fingerprint density at radius 2 is 2.24 bits per heavy atom. The average molecular weight is 242 g/mol. The van der Waals surface area contributed by atoms with Gasteiger partial charge >= 0.3 is 6.09 Å². The van der Waals surface area contributed by atoms with Crippen LogP contribution in [0.5, 0.6) is 0 Å². The fourth-order valence-corrected chi connectivity index (χ4v) is 2.42. The first-order chi connectivity index (χ1) is 8.04. The van der Waals surface area contributed by atoms with Crippen LogP contribution >= 0.6 is 0 Å². The van der Waals surface area contributed by atoms with Crippen LogP contribution in [0, 0.1) is 0 Å². The minimum Gasteiger partial charge on any atom is -0.447 e. The first-order valence-electron chi connectivity index (χ1n) is 5.96. The second kappa shape index (κ2) is 4.62. The predicted molar refractivity (Wildman–Crippen MR) is 59.4 cm³/mol. The zero-order valence-electron chi connectivity index (χ0n) is 10.0. The third kappa shape index (κ3) is 2.58. The van der Waals surface area contributed by atoms with Crippen molar-refractivity contribution in [2.24, 2.45) is 0 Å². The standard InChI is InChI=1S/C11H18N2O4/c1-2-3-11(16)7-12(8-11)6-9(14)13-4-5-17-10(13)15/h16H,2-8H2,1H3. The van der Waals surface area contributed by atoms with Gasteiger partial charge in [0.2, 0.25) is 5.91 Å². The van der Waals surface area contributed by atoms with Crippen molar-refractivity contribution >= 4 is 12.0 Å². The summed E-state index contributed by atoms with van der Waals surface area (Å²) in [6.07, 6.45) is 1.12. The zero-order valence-corrected chi connectivity index (χ0v) is 10.0. The summed E-state index contributed by atoms with van der Waals surface area (Å²) in [5.74, 6) is -0.244. The van der Waals surface area contributed by atoms with E-state index in [-0.39, 0.29) is 19.1 Å². The Bertz CT molecular complexity index is 325. The molecule has 6 nitrogen and oxygen atoms in total. The Labute approximate surface area is 100 Å². The number of hydrogen-bond donors (Lipinski definition) is 1. The zero-order chi connectivity index (χ0) is 12.5. The van der Waals surface area contributed by atoms with Gasteiger partial charge in [-0.3, -0.25) is 9.69 Å². The summed E-state index contributed by atoms with van der Waals surface area (Å²) in [6.45, 7) is 3.84. The van der Waals surface area contributed by atoms with Gasteiger partial charge in [-0.25, -0.2) is 9.69 Å². The van der Waals surface area contributed by atoms with Crippen molar-refractivity contribution in [3.8, 4) is 0 Å². The van der Waals surface area contributed by atoms with Gasteiger partial charge in [0.15, 0.2) is 0 Å². The number of imide groups is 1. The molecule has 0 aromatic heterocycles. The van der Waals surface area contributed by atoms with E-state index >= 15 is 0 Å². The maximum atomic E-state index is 11.7. The van der Waals surface area contributed by atoms with E-state index in [9.17, 15) is 14.7 Å². The fraction of sp³-hybridized carbons (Fsp3) is 0.818. The average Bonchev–Trinajstić information content (AvgIpc) is 2.62. The quantitative estimate of drug-likeness (QED) is 0.740. The molecule has 0 unspecified atom stereocenters. The Hall–Kier alpha value is -1.14. The van der Waals surface area contributed by atoms with Crippen LogP contribution in [-0.2, 0) is 9.53 Å². The van der Waals surface area contributed by atoms with Crippen LogP contribution in [0.4, 0.5) is 4.79 Å². The van der Waals surface area contributed by atoms with Crippen molar-refractivity contribution in [3.05, 3.63) is 0 Å². The highest BCUT2D eigenvalue weighted by atomic mass is 16.6. The molecule has 2 amide bonds. The van der Waals surface area contributed by atoms with Crippen LogP contribution in [-0.4, -0.2) is 65.3 Å². The topological polar surface area (TPSA) is 70.1 Å². The number of β-amino-alcohol motifs (C(OH)–C–C–N with tert-alkyl or cyclic N) is 1. The molecule has 6 heteroatoms. The second-order valence-electron chi connectivity index (χ2n) is 4.78. The molecule has 0 atom stereocenters. The number of nitrogens with zero attached hydrogens (tertiary/aromatic N) is 2. The Morgan fingerprint density at radius 1 is 1.53 bits per heavy atom. The molecule has 0 saturated carbocycles. The minimum atomic E-state index is -0.638. The first kappa shape index (κ1) is 12.3. The van der Waals surface area contributed by atoms with Crippen molar-refractivity contribution in [3.63, 3.8) is 0 Å². The highest BCUT2D eigenvalue weighted by Crippen LogP contribution is 2.25. The Balaban J connectivity index is 1.76. The number of aliphatic hydroxyl groups is 1. The van der Waals surface area contributed by atoms with Crippen molar-refractivity contribution < 1.29 is 19.4 Å². The number of likely N-dealkylation sites (tertiary alicyclic amines) is 1. The van der Waals surface area contributed by atoms with E-state index in [4.69, 9.17) is 4.74 Å². The van der Waals surface area contributed by atoms with E-state index in [1.54, 1.807) is 0 Å². The maximum absolute atomic E-state index is 11.7. The van der Waals surface area contributed by atoms with Crippen LogP contribution < -0.4 is 0 Å². The van der Waals surface area contributed by atoms with Gasteiger partial charge in [-0.2, -0.15) is 0 Å². The van der Waals surface area contributed by atoms with Crippen molar-refractivity contribution in [2.75, 3.05) is 32.8 Å². The number of rotatable bonds is 4. The summed E-state index contributed by atoms with van der Waals surface area (Å²) in [6, 6.07) is 0. The van der Waals surface area contributed by atoms with E-state index in [0.29, 0.717) is 19.6 Å². The van der Waals surface area contributed by atoms with Crippen molar-refractivity contribution in [1.82, 2.24) is 9.80 Å². The third-order valence-corrected chi connectivity index (χ3v) is 3.17. The van der Waals surface area contributed by atoms with Crippen molar-refractivity contribution in [1.29, 1.82) is 0 Å². The van der Waals surface area contributed by atoms with Gasteiger partial charge in [0.25, 0.3) is 0 Å². The van der Waals surface area contributed by atoms with Gasteiger partial charge in [-0.15, -0.1) is 0 Å². The van der Waals surface area contributed by atoms with E-state index in [0.717, 1.165) is 17.7 Å². The molecule has 2 saturated heterocycles. The number of carbonyl (C=O) groups is 2. The second-order valence-corrected chi connectivity index (χ2v) is 4.78. The van der Waals surface area contributed by atoms with E-state index in [2.05, 4.69) is 0 Å². The fourth-order valence-electron chi connectivity index (χ4n) is 2.42. The molecule has 0 bridgehead atoms. The summed E-state index contributed by atoms with van der Waals surface area (Å²) in [7, 11) is 0.